The first-order valence-electron chi connectivity index (χ1n) is 8.86. The first-order chi connectivity index (χ1) is 13.3. The Kier molecular flexibility index (Phi) is 6.85. The number of hydrogen-bond donors (Lipinski definition) is 3. The van der Waals surface area contributed by atoms with Gasteiger partial charge in [0.25, 0.3) is 0 Å². The molecule has 0 fully saturated rings. The Hall–Kier alpha value is -3.24. The highest BCUT2D eigenvalue weighted by molar-refractivity contribution is 5.84. The molecule has 7 nitrogen and oxygen atoms in total. The summed E-state index contributed by atoms with van der Waals surface area (Å²) in [7, 11) is 0. The van der Waals surface area contributed by atoms with E-state index in [1.807, 2.05) is 19.9 Å². The Morgan fingerprint density at radius 3 is 2.43 bits per heavy atom. The molecular formula is C21H24N2O5. The van der Waals surface area contributed by atoms with Gasteiger partial charge in [0, 0.05) is 5.69 Å². The Morgan fingerprint density at radius 2 is 1.89 bits per heavy atom. The summed E-state index contributed by atoms with van der Waals surface area (Å²) in [6.45, 7) is 5.17. The fourth-order valence-electron chi connectivity index (χ4n) is 2.60. The maximum absolute atomic E-state index is 12.1. The number of aliphatic hydroxyl groups excluding tert-OH is 1. The molecule has 148 valence electrons. The third-order valence-corrected chi connectivity index (χ3v) is 4.07. The van der Waals surface area contributed by atoms with Gasteiger partial charge >= 0.3 is 5.97 Å². The van der Waals surface area contributed by atoms with Crippen LogP contribution in [0, 0.1) is 11.3 Å². The van der Waals surface area contributed by atoms with Gasteiger partial charge in [-0.3, -0.25) is 0 Å². The monoisotopic (exact) mass is 384 g/mol. The van der Waals surface area contributed by atoms with Gasteiger partial charge < -0.3 is 25.0 Å². The zero-order chi connectivity index (χ0) is 20.7. The Bertz CT molecular complexity index is 858. The first-order valence-corrected chi connectivity index (χ1v) is 8.86. The smallest absolute Gasteiger partial charge is 0.333 e. The van der Waals surface area contributed by atoms with E-state index in [1.165, 1.54) is 0 Å². The SMILES string of the molecule is CC(C)Oc1ccc(C(C)(Nc2ccc(C#N)cc2)C(=O)O)cc1OCCO. The van der Waals surface area contributed by atoms with Crippen molar-refractivity contribution in [3.8, 4) is 17.6 Å². The molecule has 0 aliphatic carbocycles. The average molecular weight is 384 g/mol. The lowest BCUT2D eigenvalue weighted by molar-refractivity contribution is -0.142. The summed E-state index contributed by atoms with van der Waals surface area (Å²) in [5.74, 6) is -0.254. The third-order valence-electron chi connectivity index (χ3n) is 4.07. The number of nitrogens with one attached hydrogen (secondary N) is 1. The van der Waals surface area contributed by atoms with Crippen LogP contribution in [-0.4, -0.2) is 35.5 Å². The summed E-state index contributed by atoms with van der Waals surface area (Å²) < 4.78 is 11.3. The molecule has 1 unspecified atom stereocenters. The van der Waals surface area contributed by atoms with Crippen molar-refractivity contribution in [2.75, 3.05) is 18.5 Å². The van der Waals surface area contributed by atoms with Crippen LogP contribution in [0.1, 0.15) is 31.9 Å². The van der Waals surface area contributed by atoms with E-state index in [0.29, 0.717) is 28.3 Å². The number of benzene rings is 2. The number of anilines is 1. The quantitative estimate of drug-likeness (QED) is 0.609. The van der Waals surface area contributed by atoms with Crippen molar-refractivity contribution in [1.82, 2.24) is 0 Å². The second-order valence-electron chi connectivity index (χ2n) is 6.64. The molecule has 0 amide bonds. The lowest BCUT2D eigenvalue weighted by Crippen LogP contribution is -2.40. The number of carboxylic acids is 1. The third kappa shape index (κ3) is 4.93. The van der Waals surface area contributed by atoms with Gasteiger partial charge in [-0.1, -0.05) is 6.07 Å². The minimum Gasteiger partial charge on any atom is -0.487 e. The molecular weight excluding hydrogens is 360 g/mol. The number of carboxylic acid groups (broad SMARTS) is 1. The molecule has 2 aromatic carbocycles. The molecule has 0 spiro atoms. The number of hydrogen-bond acceptors (Lipinski definition) is 6. The molecule has 0 radical (unpaired) electrons. The highest BCUT2D eigenvalue weighted by atomic mass is 16.5. The number of carbonyl (C=O) groups is 1. The van der Waals surface area contributed by atoms with Crippen LogP contribution in [0.25, 0.3) is 0 Å². The van der Waals surface area contributed by atoms with Crippen LogP contribution in [0.2, 0.25) is 0 Å². The maximum atomic E-state index is 12.1. The summed E-state index contributed by atoms with van der Waals surface area (Å²) >= 11 is 0. The van der Waals surface area contributed by atoms with Crippen LogP contribution in [0.3, 0.4) is 0 Å². The standard InChI is InChI=1S/C21H24N2O5/c1-14(2)28-18-9-6-16(12-19(18)27-11-10-24)21(3,20(25)26)23-17-7-4-15(13-22)5-8-17/h4-9,12,14,23-24H,10-11H2,1-3H3,(H,25,26). The second-order valence-corrected chi connectivity index (χ2v) is 6.64. The Morgan fingerprint density at radius 1 is 1.21 bits per heavy atom. The van der Waals surface area contributed by atoms with Gasteiger partial charge in [-0.15, -0.1) is 0 Å². The predicted molar refractivity (Wildman–Crippen MR) is 105 cm³/mol. The summed E-state index contributed by atoms with van der Waals surface area (Å²) in [5.41, 5.74) is 0.0390. The largest absolute Gasteiger partial charge is 0.487 e. The highest BCUT2D eigenvalue weighted by Crippen LogP contribution is 2.35. The van der Waals surface area contributed by atoms with Gasteiger partial charge in [0.15, 0.2) is 17.0 Å². The van der Waals surface area contributed by atoms with Crippen molar-refractivity contribution in [3.63, 3.8) is 0 Å². The van der Waals surface area contributed by atoms with Crippen molar-refractivity contribution < 1.29 is 24.5 Å². The van der Waals surface area contributed by atoms with Crippen LogP contribution in [0.5, 0.6) is 11.5 Å². The van der Waals surface area contributed by atoms with Crippen LogP contribution in [0.15, 0.2) is 42.5 Å². The number of aliphatic carboxylic acids is 1. The van der Waals surface area contributed by atoms with Crippen LogP contribution < -0.4 is 14.8 Å². The van der Waals surface area contributed by atoms with Crippen molar-refractivity contribution in [3.05, 3.63) is 53.6 Å². The number of nitriles is 1. The number of nitrogens with zero attached hydrogens (tertiary/aromatic N) is 1. The molecule has 0 aliphatic rings. The summed E-state index contributed by atoms with van der Waals surface area (Å²) in [5, 5.41) is 30.9. The zero-order valence-corrected chi connectivity index (χ0v) is 16.1. The molecule has 7 heteroatoms. The lowest BCUT2D eigenvalue weighted by Gasteiger charge is -2.29. The van der Waals surface area contributed by atoms with E-state index in [9.17, 15) is 9.90 Å². The van der Waals surface area contributed by atoms with Crippen molar-refractivity contribution >= 4 is 11.7 Å². The normalized spacial score (nSPS) is 12.7. The minimum atomic E-state index is -1.46. The molecule has 0 heterocycles. The molecule has 2 rings (SSSR count). The number of ether oxygens (including phenoxy) is 2. The highest BCUT2D eigenvalue weighted by Gasteiger charge is 2.36. The molecule has 3 N–H and O–H groups in total. The Balaban J connectivity index is 2.42. The maximum Gasteiger partial charge on any atom is 0.333 e. The number of aliphatic hydroxyl groups is 1. The van der Waals surface area contributed by atoms with E-state index < -0.39 is 11.5 Å². The van der Waals surface area contributed by atoms with Crippen LogP contribution in [-0.2, 0) is 10.3 Å². The molecule has 28 heavy (non-hydrogen) atoms. The van der Waals surface area contributed by atoms with Gasteiger partial charge in [0.05, 0.1) is 24.3 Å². The fraction of sp³-hybridized carbons (Fsp3) is 0.333. The van der Waals surface area contributed by atoms with E-state index in [4.69, 9.17) is 19.8 Å². The lowest BCUT2D eigenvalue weighted by atomic mass is 9.91. The van der Waals surface area contributed by atoms with E-state index >= 15 is 0 Å². The molecule has 0 bridgehead atoms. The summed E-state index contributed by atoms with van der Waals surface area (Å²) in [6.07, 6.45) is -0.0926. The van der Waals surface area contributed by atoms with Gasteiger partial charge in [0.1, 0.15) is 6.61 Å². The fourth-order valence-corrected chi connectivity index (χ4v) is 2.60. The van der Waals surface area contributed by atoms with Gasteiger partial charge in [0.2, 0.25) is 0 Å². The zero-order valence-electron chi connectivity index (χ0n) is 16.1. The molecule has 0 aromatic heterocycles. The van der Waals surface area contributed by atoms with Crippen molar-refractivity contribution in [2.45, 2.75) is 32.4 Å². The molecule has 1 atom stereocenters. The van der Waals surface area contributed by atoms with Crippen molar-refractivity contribution in [2.24, 2.45) is 0 Å². The number of rotatable bonds is 9. The molecule has 0 aliphatic heterocycles. The van der Waals surface area contributed by atoms with Crippen molar-refractivity contribution in [1.29, 1.82) is 5.26 Å². The Labute approximate surface area is 164 Å². The van der Waals surface area contributed by atoms with Gasteiger partial charge in [-0.2, -0.15) is 5.26 Å². The second kappa shape index (κ2) is 9.11. The molecule has 0 saturated carbocycles. The van der Waals surface area contributed by atoms with E-state index in [-0.39, 0.29) is 19.3 Å². The average Bonchev–Trinajstić information content (AvgIpc) is 2.67. The van der Waals surface area contributed by atoms with Gasteiger partial charge in [-0.05, 0) is 62.7 Å². The first kappa shape index (κ1) is 21.1. The summed E-state index contributed by atoms with van der Waals surface area (Å²) in [6, 6.07) is 13.5. The summed E-state index contributed by atoms with van der Waals surface area (Å²) in [4.78, 5) is 12.1. The molecule has 2 aromatic rings. The predicted octanol–water partition coefficient (Wildman–Crippen LogP) is 3.13. The van der Waals surface area contributed by atoms with E-state index in [2.05, 4.69) is 5.32 Å². The topological polar surface area (TPSA) is 112 Å². The minimum absolute atomic E-state index is 0.0603. The van der Waals surface area contributed by atoms with E-state index in [0.717, 1.165) is 0 Å². The molecule has 0 saturated heterocycles. The van der Waals surface area contributed by atoms with Crippen LogP contribution in [0.4, 0.5) is 5.69 Å². The van der Waals surface area contributed by atoms with E-state index in [1.54, 1.807) is 49.4 Å². The van der Waals surface area contributed by atoms with Gasteiger partial charge in [-0.25, -0.2) is 4.79 Å². The van der Waals surface area contributed by atoms with Crippen LogP contribution >= 0.6 is 0 Å².